The topological polar surface area (TPSA) is 77.2 Å². The van der Waals surface area contributed by atoms with Crippen LogP contribution in [0.1, 0.15) is 24.3 Å². The third-order valence-electron chi connectivity index (χ3n) is 1.67. The molecule has 1 rings (SSSR count). The second-order valence-corrected chi connectivity index (χ2v) is 3.64. The molecule has 1 aromatic heterocycles. The van der Waals surface area contributed by atoms with Crippen LogP contribution >= 0.6 is 0 Å². The zero-order valence-corrected chi connectivity index (χ0v) is 8.88. The highest BCUT2D eigenvalue weighted by atomic mass is 16.5. The Hall–Kier alpha value is -1.43. The zero-order chi connectivity index (χ0) is 11.3. The van der Waals surface area contributed by atoms with Crippen molar-refractivity contribution in [3.8, 4) is 0 Å². The molecule has 0 saturated carbocycles. The van der Waals surface area contributed by atoms with Crippen molar-refractivity contribution in [3.63, 3.8) is 0 Å². The summed E-state index contributed by atoms with van der Waals surface area (Å²) in [4.78, 5) is 10.5. The maximum Gasteiger partial charge on any atom is 0.358 e. The number of ether oxygens (including phenoxy) is 1. The van der Waals surface area contributed by atoms with Crippen LogP contribution in [0.15, 0.2) is 6.20 Å². The molecular weight excluding hydrogens is 198 g/mol. The lowest BCUT2D eigenvalue weighted by Crippen LogP contribution is -2.09. The Labute approximate surface area is 87.9 Å². The first-order valence-electron chi connectivity index (χ1n) is 4.80. The molecule has 0 aliphatic carbocycles. The van der Waals surface area contributed by atoms with Crippen molar-refractivity contribution in [2.45, 2.75) is 20.4 Å². The van der Waals surface area contributed by atoms with Crippen molar-refractivity contribution in [1.82, 2.24) is 15.0 Å². The van der Waals surface area contributed by atoms with Crippen LogP contribution in [0.2, 0.25) is 0 Å². The number of carbonyl (C=O) groups is 1. The van der Waals surface area contributed by atoms with E-state index < -0.39 is 5.97 Å². The van der Waals surface area contributed by atoms with E-state index in [0.29, 0.717) is 25.7 Å². The molecular formula is C9H15N3O3. The Morgan fingerprint density at radius 1 is 1.67 bits per heavy atom. The van der Waals surface area contributed by atoms with Crippen LogP contribution in [0, 0.1) is 5.92 Å². The van der Waals surface area contributed by atoms with Gasteiger partial charge in [0.15, 0.2) is 5.69 Å². The lowest BCUT2D eigenvalue weighted by molar-refractivity contribution is 0.0690. The van der Waals surface area contributed by atoms with Gasteiger partial charge in [-0.25, -0.2) is 9.48 Å². The molecule has 1 heterocycles. The van der Waals surface area contributed by atoms with E-state index in [1.54, 1.807) is 0 Å². The van der Waals surface area contributed by atoms with Gasteiger partial charge in [-0.05, 0) is 5.92 Å². The van der Waals surface area contributed by atoms with Gasteiger partial charge < -0.3 is 9.84 Å². The van der Waals surface area contributed by atoms with Crippen molar-refractivity contribution in [2.75, 3.05) is 13.2 Å². The van der Waals surface area contributed by atoms with Crippen molar-refractivity contribution in [2.24, 2.45) is 5.92 Å². The fourth-order valence-electron chi connectivity index (χ4n) is 0.983. The van der Waals surface area contributed by atoms with Crippen LogP contribution in [0.25, 0.3) is 0 Å². The normalized spacial score (nSPS) is 10.9. The van der Waals surface area contributed by atoms with E-state index in [9.17, 15) is 4.79 Å². The molecule has 15 heavy (non-hydrogen) atoms. The van der Waals surface area contributed by atoms with E-state index in [1.807, 2.05) is 0 Å². The first kappa shape index (κ1) is 11.6. The van der Waals surface area contributed by atoms with E-state index in [-0.39, 0.29) is 5.69 Å². The summed E-state index contributed by atoms with van der Waals surface area (Å²) in [6, 6.07) is 0. The van der Waals surface area contributed by atoms with Crippen molar-refractivity contribution in [3.05, 3.63) is 11.9 Å². The smallest absolute Gasteiger partial charge is 0.358 e. The number of aromatic carboxylic acids is 1. The molecule has 1 N–H and O–H groups in total. The molecule has 0 atom stereocenters. The summed E-state index contributed by atoms with van der Waals surface area (Å²) in [5.41, 5.74) is -0.0427. The van der Waals surface area contributed by atoms with Gasteiger partial charge in [-0.1, -0.05) is 19.1 Å². The molecule has 1 aromatic rings. The molecule has 0 fully saturated rings. The SMILES string of the molecule is CC(C)COCCn1cc(C(=O)O)nn1. The largest absolute Gasteiger partial charge is 0.476 e. The number of nitrogens with zero attached hydrogens (tertiary/aromatic N) is 3. The maximum absolute atomic E-state index is 10.5. The first-order chi connectivity index (χ1) is 7.09. The van der Waals surface area contributed by atoms with Gasteiger partial charge >= 0.3 is 5.97 Å². The van der Waals surface area contributed by atoms with E-state index in [1.165, 1.54) is 10.9 Å². The molecule has 6 heteroatoms. The molecule has 0 aliphatic heterocycles. The fourth-order valence-corrected chi connectivity index (χ4v) is 0.983. The molecule has 0 spiro atoms. The Morgan fingerprint density at radius 2 is 2.40 bits per heavy atom. The second-order valence-electron chi connectivity index (χ2n) is 3.64. The molecule has 0 aromatic carbocycles. The summed E-state index contributed by atoms with van der Waals surface area (Å²) in [5.74, 6) is -0.570. The van der Waals surface area contributed by atoms with Gasteiger partial charge in [0.2, 0.25) is 0 Å². The van der Waals surface area contributed by atoms with Crippen molar-refractivity contribution in [1.29, 1.82) is 0 Å². The van der Waals surface area contributed by atoms with E-state index in [0.717, 1.165) is 0 Å². The Morgan fingerprint density at radius 3 is 2.93 bits per heavy atom. The molecule has 6 nitrogen and oxygen atoms in total. The van der Waals surface area contributed by atoms with Crippen LogP contribution in [-0.2, 0) is 11.3 Å². The lowest BCUT2D eigenvalue weighted by atomic mass is 10.2. The minimum atomic E-state index is -1.07. The highest BCUT2D eigenvalue weighted by molar-refractivity contribution is 5.84. The summed E-state index contributed by atoms with van der Waals surface area (Å²) in [5, 5.41) is 15.7. The van der Waals surface area contributed by atoms with Crippen LogP contribution in [0.4, 0.5) is 0 Å². The number of hydrogen-bond acceptors (Lipinski definition) is 4. The van der Waals surface area contributed by atoms with E-state index >= 15 is 0 Å². The summed E-state index contributed by atoms with van der Waals surface area (Å²) >= 11 is 0. The third-order valence-corrected chi connectivity index (χ3v) is 1.67. The summed E-state index contributed by atoms with van der Waals surface area (Å²) < 4.78 is 6.79. The Balaban J connectivity index is 2.29. The number of carboxylic acids is 1. The molecule has 0 amide bonds. The van der Waals surface area contributed by atoms with Crippen molar-refractivity contribution >= 4 is 5.97 Å². The zero-order valence-electron chi connectivity index (χ0n) is 8.88. The quantitative estimate of drug-likeness (QED) is 0.702. The van der Waals surface area contributed by atoms with Gasteiger partial charge in [-0.3, -0.25) is 0 Å². The summed E-state index contributed by atoms with van der Waals surface area (Å²) in [6.45, 7) is 5.87. The van der Waals surface area contributed by atoms with E-state index in [4.69, 9.17) is 9.84 Å². The highest BCUT2D eigenvalue weighted by Gasteiger charge is 2.07. The Kier molecular flexibility index (Phi) is 4.23. The average Bonchev–Trinajstić information content (AvgIpc) is 2.60. The van der Waals surface area contributed by atoms with Crippen molar-refractivity contribution < 1.29 is 14.6 Å². The summed E-state index contributed by atoms with van der Waals surface area (Å²) in [7, 11) is 0. The molecule has 0 aliphatic rings. The minimum absolute atomic E-state index is 0.0427. The molecule has 0 saturated heterocycles. The van der Waals surface area contributed by atoms with Crippen LogP contribution in [0.3, 0.4) is 0 Å². The fraction of sp³-hybridized carbons (Fsp3) is 0.667. The standard InChI is InChI=1S/C9H15N3O3/c1-7(2)6-15-4-3-12-5-8(9(13)14)10-11-12/h5,7H,3-4,6H2,1-2H3,(H,13,14). The molecule has 84 valence electrons. The Bertz CT molecular complexity index is 322. The van der Waals surface area contributed by atoms with Gasteiger partial charge in [-0.2, -0.15) is 0 Å². The van der Waals surface area contributed by atoms with E-state index in [2.05, 4.69) is 24.2 Å². The minimum Gasteiger partial charge on any atom is -0.476 e. The number of carboxylic acid groups (broad SMARTS) is 1. The van der Waals surface area contributed by atoms with Crippen LogP contribution in [0.5, 0.6) is 0 Å². The molecule has 0 unspecified atom stereocenters. The maximum atomic E-state index is 10.5. The monoisotopic (exact) mass is 213 g/mol. The molecule has 0 radical (unpaired) electrons. The van der Waals surface area contributed by atoms with Crippen LogP contribution in [-0.4, -0.2) is 39.3 Å². The predicted octanol–water partition coefficient (Wildman–Crippen LogP) is 0.649. The van der Waals surface area contributed by atoms with Gasteiger partial charge in [0.05, 0.1) is 19.3 Å². The average molecular weight is 213 g/mol. The summed E-state index contributed by atoms with van der Waals surface area (Å²) in [6.07, 6.45) is 1.39. The van der Waals surface area contributed by atoms with Gasteiger partial charge in [-0.15, -0.1) is 5.10 Å². The van der Waals surface area contributed by atoms with Gasteiger partial charge in [0.1, 0.15) is 0 Å². The van der Waals surface area contributed by atoms with Gasteiger partial charge in [0.25, 0.3) is 0 Å². The molecule has 0 bridgehead atoms. The second kappa shape index (κ2) is 5.45. The first-order valence-corrected chi connectivity index (χ1v) is 4.80. The predicted molar refractivity (Wildman–Crippen MR) is 52.6 cm³/mol. The highest BCUT2D eigenvalue weighted by Crippen LogP contribution is 1.95. The lowest BCUT2D eigenvalue weighted by Gasteiger charge is -2.05. The van der Waals surface area contributed by atoms with Crippen LogP contribution < -0.4 is 0 Å². The van der Waals surface area contributed by atoms with Gasteiger partial charge in [0, 0.05) is 6.61 Å². The number of hydrogen-bond donors (Lipinski definition) is 1. The third kappa shape index (κ3) is 4.07. The number of rotatable bonds is 6. The number of aromatic nitrogens is 3.